The van der Waals surface area contributed by atoms with Crippen molar-refractivity contribution in [1.82, 2.24) is 15.2 Å². The van der Waals surface area contributed by atoms with Crippen LogP contribution < -0.4 is 5.32 Å². The standard InChI is InChI=1S/C23H29N3O/c1-16-5-4-6-17(2)20(16)22(27)25-21(19-9-13-24-14-10-19)23-11-7-18(8-12-23)15-26(23)3/h4-6,9-10,13-14,18,21H,7-8,11-12,15H2,1-3H3,(H,25,27). The molecule has 2 saturated heterocycles. The lowest BCUT2D eigenvalue weighted by Gasteiger charge is -2.57. The van der Waals surface area contributed by atoms with Crippen molar-refractivity contribution in [3.8, 4) is 0 Å². The Labute approximate surface area is 162 Å². The van der Waals surface area contributed by atoms with Gasteiger partial charge in [0.2, 0.25) is 0 Å². The summed E-state index contributed by atoms with van der Waals surface area (Å²) in [5, 5.41) is 3.44. The molecule has 4 nitrogen and oxygen atoms in total. The van der Waals surface area contributed by atoms with E-state index in [1.807, 2.05) is 44.4 Å². The number of aryl methyl sites for hydroxylation is 2. The molecular weight excluding hydrogens is 334 g/mol. The van der Waals surface area contributed by atoms with E-state index in [1.54, 1.807) is 0 Å². The molecule has 5 rings (SSSR count). The summed E-state index contributed by atoms with van der Waals surface area (Å²) in [6.07, 6.45) is 8.44. The third kappa shape index (κ3) is 3.16. The molecule has 1 amide bonds. The molecule has 0 radical (unpaired) electrons. The van der Waals surface area contributed by atoms with Gasteiger partial charge in [-0.1, -0.05) is 18.2 Å². The minimum absolute atomic E-state index is 0.0116. The number of piperidine rings is 2. The molecule has 2 aliphatic heterocycles. The summed E-state index contributed by atoms with van der Waals surface area (Å²) < 4.78 is 0. The lowest BCUT2D eigenvalue weighted by molar-refractivity contribution is -0.0404. The Morgan fingerprint density at radius 1 is 1.15 bits per heavy atom. The summed E-state index contributed by atoms with van der Waals surface area (Å²) in [5.74, 6) is 0.840. The number of nitrogens with zero attached hydrogens (tertiary/aromatic N) is 2. The molecule has 142 valence electrons. The van der Waals surface area contributed by atoms with Crippen molar-refractivity contribution in [3.63, 3.8) is 0 Å². The van der Waals surface area contributed by atoms with E-state index in [0.717, 1.165) is 47.6 Å². The third-order valence-electron chi connectivity index (χ3n) is 6.82. The number of fused-ring (bicyclic) bond motifs is 3. The SMILES string of the molecule is Cc1cccc(C)c1C(=O)NC(c1ccncc1)C12CCC(CC1)CN2C. The third-order valence-corrected chi connectivity index (χ3v) is 6.82. The van der Waals surface area contributed by atoms with E-state index in [-0.39, 0.29) is 17.5 Å². The van der Waals surface area contributed by atoms with Gasteiger partial charge in [0.25, 0.3) is 5.91 Å². The summed E-state index contributed by atoms with van der Waals surface area (Å²) in [6, 6.07) is 10.1. The van der Waals surface area contributed by atoms with Crippen LogP contribution in [-0.4, -0.2) is 34.9 Å². The molecule has 1 aromatic carbocycles. The van der Waals surface area contributed by atoms with Gasteiger partial charge in [0.1, 0.15) is 0 Å². The first-order chi connectivity index (χ1) is 13.0. The topological polar surface area (TPSA) is 45.2 Å². The van der Waals surface area contributed by atoms with Crippen LogP contribution >= 0.6 is 0 Å². The average Bonchev–Trinajstić information content (AvgIpc) is 2.67. The minimum Gasteiger partial charge on any atom is -0.343 e. The zero-order chi connectivity index (χ0) is 19.0. The molecule has 3 fully saturated rings. The summed E-state index contributed by atoms with van der Waals surface area (Å²) >= 11 is 0. The molecular formula is C23H29N3O. The first kappa shape index (κ1) is 18.2. The van der Waals surface area contributed by atoms with Gasteiger partial charge >= 0.3 is 0 Å². The van der Waals surface area contributed by atoms with Crippen LogP contribution in [0.3, 0.4) is 0 Å². The Hall–Kier alpha value is -2.20. The van der Waals surface area contributed by atoms with Gasteiger partial charge in [-0.2, -0.15) is 0 Å². The highest BCUT2D eigenvalue weighted by Crippen LogP contribution is 2.49. The first-order valence-electron chi connectivity index (χ1n) is 9.99. The molecule has 1 N–H and O–H groups in total. The van der Waals surface area contributed by atoms with Crippen LogP contribution in [0.5, 0.6) is 0 Å². The van der Waals surface area contributed by atoms with E-state index >= 15 is 0 Å². The van der Waals surface area contributed by atoms with Gasteiger partial charge in [-0.15, -0.1) is 0 Å². The number of carbonyl (C=O) groups is 1. The van der Waals surface area contributed by atoms with Crippen molar-refractivity contribution < 1.29 is 4.79 Å². The highest BCUT2D eigenvalue weighted by atomic mass is 16.1. The highest BCUT2D eigenvalue weighted by Gasteiger charge is 2.50. The zero-order valence-corrected chi connectivity index (χ0v) is 16.5. The second kappa shape index (κ2) is 7.08. The fourth-order valence-corrected chi connectivity index (χ4v) is 5.28. The van der Waals surface area contributed by atoms with Crippen molar-refractivity contribution in [2.75, 3.05) is 13.6 Å². The Kier molecular flexibility index (Phi) is 4.77. The summed E-state index contributed by atoms with van der Waals surface area (Å²) in [7, 11) is 2.23. The maximum atomic E-state index is 13.3. The van der Waals surface area contributed by atoms with Gasteiger partial charge in [0.15, 0.2) is 0 Å². The molecule has 1 atom stereocenters. The quantitative estimate of drug-likeness (QED) is 0.891. The number of nitrogens with one attached hydrogen (secondary N) is 1. The fraction of sp³-hybridized carbons (Fsp3) is 0.478. The van der Waals surface area contributed by atoms with Crippen LogP contribution in [0.2, 0.25) is 0 Å². The normalized spacial score (nSPS) is 26.0. The Morgan fingerprint density at radius 3 is 2.37 bits per heavy atom. The van der Waals surface area contributed by atoms with E-state index in [4.69, 9.17) is 0 Å². The molecule has 2 aromatic rings. The molecule has 3 aliphatic rings. The fourth-order valence-electron chi connectivity index (χ4n) is 5.28. The van der Waals surface area contributed by atoms with Crippen LogP contribution in [0.4, 0.5) is 0 Å². The molecule has 0 spiro atoms. The van der Waals surface area contributed by atoms with Crippen LogP contribution in [0.25, 0.3) is 0 Å². The Bertz CT molecular complexity index is 805. The monoisotopic (exact) mass is 363 g/mol. The molecule has 3 heterocycles. The summed E-state index contributed by atoms with van der Waals surface area (Å²) in [5.41, 5.74) is 4.00. The summed E-state index contributed by atoms with van der Waals surface area (Å²) in [4.78, 5) is 20.0. The van der Waals surface area contributed by atoms with Crippen LogP contribution in [0.15, 0.2) is 42.7 Å². The van der Waals surface area contributed by atoms with Gasteiger partial charge in [-0.3, -0.25) is 14.7 Å². The van der Waals surface area contributed by atoms with E-state index in [0.29, 0.717) is 0 Å². The van der Waals surface area contributed by atoms with Crippen molar-refractivity contribution in [3.05, 3.63) is 65.0 Å². The van der Waals surface area contributed by atoms with Gasteiger partial charge < -0.3 is 5.32 Å². The number of hydrogen-bond donors (Lipinski definition) is 1. The van der Waals surface area contributed by atoms with Crippen LogP contribution in [-0.2, 0) is 0 Å². The lowest BCUT2D eigenvalue weighted by Crippen LogP contribution is -2.62. The van der Waals surface area contributed by atoms with E-state index in [1.165, 1.54) is 12.8 Å². The number of aromatic nitrogens is 1. The van der Waals surface area contributed by atoms with Gasteiger partial charge in [-0.25, -0.2) is 0 Å². The minimum atomic E-state index is -0.0294. The van der Waals surface area contributed by atoms with Crippen LogP contribution in [0, 0.1) is 19.8 Å². The van der Waals surface area contributed by atoms with Crippen molar-refractivity contribution in [2.24, 2.45) is 5.92 Å². The predicted molar refractivity (Wildman–Crippen MR) is 108 cm³/mol. The maximum Gasteiger partial charge on any atom is 0.252 e. The Balaban J connectivity index is 1.72. The molecule has 1 aliphatic carbocycles. The van der Waals surface area contributed by atoms with Gasteiger partial charge in [-0.05, 0) is 81.3 Å². The van der Waals surface area contributed by atoms with Crippen molar-refractivity contribution in [2.45, 2.75) is 51.1 Å². The van der Waals surface area contributed by atoms with Gasteiger partial charge in [0, 0.05) is 30.0 Å². The number of carbonyl (C=O) groups excluding carboxylic acids is 1. The van der Waals surface area contributed by atoms with E-state index in [9.17, 15) is 4.79 Å². The predicted octanol–water partition coefficient (Wildman–Crippen LogP) is 4.04. The molecule has 2 bridgehead atoms. The molecule has 1 aromatic heterocycles. The largest absolute Gasteiger partial charge is 0.343 e. The average molecular weight is 364 g/mol. The van der Waals surface area contributed by atoms with E-state index in [2.05, 4.69) is 34.4 Å². The molecule has 1 unspecified atom stereocenters. The smallest absolute Gasteiger partial charge is 0.252 e. The zero-order valence-electron chi connectivity index (χ0n) is 16.5. The molecule has 27 heavy (non-hydrogen) atoms. The number of likely N-dealkylation sites (N-methyl/N-ethyl adjacent to an activating group) is 1. The number of hydrogen-bond acceptors (Lipinski definition) is 3. The second-order valence-electron chi connectivity index (χ2n) is 8.38. The second-order valence-corrected chi connectivity index (χ2v) is 8.38. The first-order valence-corrected chi connectivity index (χ1v) is 9.99. The lowest BCUT2D eigenvalue weighted by atomic mass is 9.66. The molecule has 1 saturated carbocycles. The van der Waals surface area contributed by atoms with E-state index < -0.39 is 0 Å². The maximum absolute atomic E-state index is 13.3. The van der Waals surface area contributed by atoms with Crippen LogP contribution in [0.1, 0.15) is 58.8 Å². The Morgan fingerprint density at radius 2 is 1.78 bits per heavy atom. The number of amides is 1. The highest BCUT2D eigenvalue weighted by molar-refractivity contribution is 5.97. The van der Waals surface area contributed by atoms with Crippen molar-refractivity contribution >= 4 is 5.91 Å². The number of benzene rings is 1. The van der Waals surface area contributed by atoms with Crippen molar-refractivity contribution in [1.29, 1.82) is 0 Å². The number of pyridine rings is 1. The summed E-state index contributed by atoms with van der Waals surface area (Å²) in [6.45, 7) is 5.15. The molecule has 4 heteroatoms. The van der Waals surface area contributed by atoms with Gasteiger partial charge in [0.05, 0.1) is 6.04 Å². The number of rotatable bonds is 4.